The zero-order chi connectivity index (χ0) is 17.0. The summed E-state index contributed by atoms with van der Waals surface area (Å²) in [5.74, 6) is 1.36. The fourth-order valence-electron chi connectivity index (χ4n) is 1.80. The Hall–Kier alpha value is -2.47. The summed E-state index contributed by atoms with van der Waals surface area (Å²) in [4.78, 5) is 23.0. The highest BCUT2D eigenvalue weighted by atomic mass is 32.2. The number of carbonyl (C=O) groups is 2. The smallest absolute Gasteiger partial charge is 0.331 e. The molecule has 2 aromatic rings. The molecule has 0 aliphatic rings. The van der Waals surface area contributed by atoms with Crippen molar-refractivity contribution >= 4 is 29.7 Å². The minimum Gasteiger partial charge on any atom is -0.465 e. The molecule has 1 aromatic carbocycles. The van der Waals surface area contributed by atoms with Crippen molar-refractivity contribution in [2.24, 2.45) is 0 Å². The molecule has 0 unspecified atom stereocenters. The average molecular weight is 345 g/mol. The van der Waals surface area contributed by atoms with Crippen LogP contribution in [0, 0.1) is 0 Å². The van der Waals surface area contributed by atoms with Gasteiger partial charge in [-0.15, -0.1) is 0 Å². The molecule has 0 aliphatic heterocycles. The second-order valence-electron chi connectivity index (χ2n) is 4.84. The van der Waals surface area contributed by atoms with Crippen molar-refractivity contribution in [1.82, 2.24) is 5.32 Å². The molecule has 1 N–H and O–H groups in total. The first-order chi connectivity index (χ1) is 11.7. The van der Waals surface area contributed by atoms with Crippen molar-refractivity contribution < 1.29 is 18.7 Å². The van der Waals surface area contributed by atoms with Crippen LogP contribution in [0.15, 0.2) is 59.2 Å². The number of amides is 1. The predicted octanol–water partition coefficient (Wildman–Crippen LogP) is 2.89. The number of benzene rings is 1. The molecule has 0 fully saturated rings. The predicted molar refractivity (Wildman–Crippen MR) is 94.3 cm³/mol. The monoisotopic (exact) mass is 345 g/mol. The molecule has 0 bridgehead atoms. The fourth-order valence-corrected chi connectivity index (χ4v) is 2.62. The zero-order valence-corrected chi connectivity index (χ0v) is 14.0. The number of carbonyl (C=O) groups excluding carboxylic acids is 2. The summed E-state index contributed by atoms with van der Waals surface area (Å²) in [6, 6.07) is 13.6. The lowest BCUT2D eigenvalue weighted by Gasteiger charge is -2.05. The molecule has 1 amide bonds. The lowest BCUT2D eigenvalue weighted by Crippen LogP contribution is -2.30. The van der Waals surface area contributed by atoms with E-state index in [2.05, 4.69) is 17.4 Å². The van der Waals surface area contributed by atoms with E-state index in [-0.39, 0.29) is 12.5 Å². The molecule has 5 nitrogen and oxygen atoms in total. The molecule has 24 heavy (non-hydrogen) atoms. The van der Waals surface area contributed by atoms with Gasteiger partial charge in [-0.05, 0) is 23.8 Å². The lowest BCUT2D eigenvalue weighted by molar-refractivity contribution is -0.143. The maximum absolute atomic E-state index is 11.6. The van der Waals surface area contributed by atoms with Crippen LogP contribution in [0.1, 0.15) is 11.3 Å². The lowest BCUT2D eigenvalue weighted by atomic mass is 10.2. The first-order valence-corrected chi connectivity index (χ1v) is 8.66. The van der Waals surface area contributed by atoms with Crippen LogP contribution in [0.5, 0.6) is 0 Å². The van der Waals surface area contributed by atoms with Crippen LogP contribution in [0.3, 0.4) is 0 Å². The Labute approximate surface area is 145 Å². The summed E-state index contributed by atoms with van der Waals surface area (Å²) in [5.41, 5.74) is 1.26. The molecule has 1 aromatic heterocycles. The van der Waals surface area contributed by atoms with Gasteiger partial charge in [0, 0.05) is 24.1 Å². The van der Waals surface area contributed by atoms with E-state index in [9.17, 15) is 9.59 Å². The standard InChI is InChI=1S/C18H19NO4S/c20-17(13-23-18(21)9-8-16-7-4-11-22-16)19-10-12-24-14-15-5-2-1-3-6-15/h1-9,11H,10,12-14H2,(H,19,20)/b9-8+. The number of nitrogens with one attached hydrogen (secondary N) is 1. The van der Waals surface area contributed by atoms with Gasteiger partial charge in [-0.2, -0.15) is 11.8 Å². The number of thioether (sulfide) groups is 1. The SMILES string of the molecule is O=C(COC(=O)/C=C/c1ccco1)NCCSCc1ccccc1. The van der Waals surface area contributed by atoms with Crippen LogP contribution < -0.4 is 5.32 Å². The molecule has 2 rings (SSSR count). The number of hydrogen-bond acceptors (Lipinski definition) is 5. The minimum atomic E-state index is -0.583. The van der Waals surface area contributed by atoms with Crippen molar-refractivity contribution in [1.29, 1.82) is 0 Å². The summed E-state index contributed by atoms with van der Waals surface area (Å²) in [7, 11) is 0. The van der Waals surface area contributed by atoms with E-state index in [1.54, 1.807) is 23.9 Å². The Morgan fingerprint density at radius 3 is 2.75 bits per heavy atom. The summed E-state index contributed by atoms with van der Waals surface area (Å²) >= 11 is 1.74. The summed E-state index contributed by atoms with van der Waals surface area (Å²) in [5, 5.41) is 2.71. The molecule has 1 heterocycles. The van der Waals surface area contributed by atoms with Gasteiger partial charge in [-0.1, -0.05) is 30.3 Å². The number of esters is 1. The topological polar surface area (TPSA) is 68.5 Å². The Morgan fingerprint density at radius 2 is 2.00 bits per heavy atom. The van der Waals surface area contributed by atoms with Crippen molar-refractivity contribution in [3.05, 3.63) is 66.1 Å². The fraction of sp³-hybridized carbons (Fsp3) is 0.222. The zero-order valence-electron chi connectivity index (χ0n) is 13.1. The number of rotatable bonds is 9. The molecule has 0 aliphatic carbocycles. The van der Waals surface area contributed by atoms with E-state index >= 15 is 0 Å². The maximum atomic E-state index is 11.6. The largest absolute Gasteiger partial charge is 0.465 e. The third-order valence-corrected chi connectivity index (χ3v) is 3.98. The van der Waals surface area contributed by atoms with Crippen molar-refractivity contribution in [3.8, 4) is 0 Å². The van der Waals surface area contributed by atoms with Crippen molar-refractivity contribution in [3.63, 3.8) is 0 Å². The Morgan fingerprint density at radius 1 is 1.17 bits per heavy atom. The third kappa shape index (κ3) is 7.19. The van der Waals surface area contributed by atoms with Gasteiger partial charge in [0.1, 0.15) is 5.76 Å². The first kappa shape index (κ1) is 17.9. The molecular formula is C18H19NO4S. The van der Waals surface area contributed by atoms with E-state index in [1.165, 1.54) is 24.0 Å². The van der Waals surface area contributed by atoms with Gasteiger partial charge in [-0.25, -0.2) is 4.79 Å². The van der Waals surface area contributed by atoms with Crippen LogP contribution in [-0.2, 0) is 20.1 Å². The maximum Gasteiger partial charge on any atom is 0.331 e. The van der Waals surface area contributed by atoms with Gasteiger partial charge >= 0.3 is 5.97 Å². The Balaban J connectivity index is 1.52. The van der Waals surface area contributed by atoms with Crippen molar-refractivity contribution in [2.45, 2.75) is 5.75 Å². The van der Waals surface area contributed by atoms with Crippen molar-refractivity contribution in [2.75, 3.05) is 18.9 Å². The highest BCUT2D eigenvalue weighted by Gasteiger charge is 2.04. The van der Waals surface area contributed by atoms with Gasteiger partial charge in [-0.3, -0.25) is 4.79 Å². The normalized spacial score (nSPS) is 10.7. The number of ether oxygens (including phenoxy) is 1. The second-order valence-corrected chi connectivity index (χ2v) is 5.95. The van der Waals surface area contributed by atoms with E-state index in [1.807, 2.05) is 18.2 Å². The van der Waals surface area contributed by atoms with E-state index < -0.39 is 5.97 Å². The van der Waals surface area contributed by atoms with Gasteiger partial charge in [0.05, 0.1) is 6.26 Å². The highest BCUT2D eigenvalue weighted by molar-refractivity contribution is 7.98. The molecule has 0 radical (unpaired) electrons. The molecule has 0 spiro atoms. The van der Waals surface area contributed by atoms with Crippen LogP contribution >= 0.6 is 11.8 Å². The van der Waals surface area contributed by atoms with Crippen LogP contribution in [0.4, 0.5) is 0 Å². The van der Waals surface area contributed by atoms with Crippen LogP contribution in [0.25, 0.3) is 6.08 Å². The second kappa shape index (κ2) is 10.3. The summed E-state index contributed by atoms with van der Waals surface area (Å²) < 4.78 is 9.88. The molecule has 0 atom stereocenters. The van der Waals surface area contributed by atoms with Crippen LogP contribution in [0.2, 0.25) is 0 Å². The minimum absolute atomic E-state index is 0.287. The first-order valence-electron chi connectivity index (χ1n) is 7.51. The number of hydrogen-bond donors (Lipinski definition) is 1. The Bertz CT molecular complexity index is 653. The molecule has 0 saturated carbocycles. The van der Waals surface area contributed by atoms with Gasteiger partial charge in [0.25, 0.3) is 5.91 Å². The molecule has 6 heteroatoms. The molecular weight excluding hydrogens is 326 g/mol. The summed E-state index contributed by atoms with van der Waals surface area (Å²) in [6.45, 7) is 0.251. The van der Waals surface area contributed by atoms with E-state index in [0.29, 0.717) is 12.3 Å². The Kier molecular flexibility index (Phi) is 7.70. The third-order valence-electron chi connectivity index (χ3n) is 2.95. The van der Waals surface area contributed by atoms with Gasteiger partial charge in [0.15, 0.2) is 6.61 Å². The average Bonchev–Trinajstić information content (AvgIpc) is 3.12. The number of furan rings is 1. The molecule has 126 valence electrons. The van der Waals surface area contributed by atoms with Crippen LogP contribution in [-0.4, -0.2) is 30.8 Å². The molecule has 0 saturated heterocycles. The summed E-state index contributed by atoms with van der Waals surface area (Å²) in [6.07, 6.45) is 4.22. The quantitative estimate of drug-likeness (QED) is 0.430. The highest BCUT2D eigenvalue weighted by Crippen LogP contribution is 2.10. The van der Waals surface area contributed by atoms with Gasteiger partial charge < -0.3 is 14.5 Å². The van der Waals surface area contributed by atoms with Gasteiger partial charge in [0.2, 0.25) is 0 Å². The van der Waals surface area contributed by atoms with E-state index in [4.69, 9.17) is 9.15 Å². The van der Waals surface area contributed by atoms with E-state index in [0.717, 1.165) is 11.5 Å².